The second kappa shape index (κ2) is 18.6. The molecule has 0 radical (unpaired) electrons. The highest BCUT2D eigenvalue weighted by molar-refractivity contribution is 5.90. The number of rotatable bonds is 9. The molecule has 1 aromatic rings. The first kappa shape index (κ1) is 26.3. The number of hydrogen-bond donors (Lipinski definition) is 1. The van der Waals surface area contributed by atoms with Crippen LogP contribution in [0.3, 0.4) is 0 Å². The molecular formula is C25H34O4. The Hall–Kier alpha value is -2.72. The Bertz CT molecular complexity index is 712. The van der Waals surface area contributed by atoms with Crippen molar-refractivity contribution in [2.45, 2.75) is 78.6 Å². The van der Waals surface area contributed by atoms with Gasteiger partial charge in [0.1, 0.15) is 13.0 Å². The first-order valence-electron chi connectivity index (χ1n) is 10.5. The largest absolute Gasteiger partial charge is 0.481 e. The standard InChI is InChI=1S/C21H24O4.C4H10/c1-2-3-4-5-6-7-12-18-13-8-9-14-19(18)15-10-11-16-25-21(24)17-20(22)23;1-3-4-2/h8-9,13-14H,2-6,11,16-17H2,1H3,(H,22,23);3-4H2,1-2H3. The summed E-state index contributed by atoms with van der Waals surface area (Å²) in [6.45, 7) is 6.64. The van der Waals surface area contributed by atoms with Gasteiger partial charge >= 0.3 is 11.9 Å². The highest BCUT2D eigenvalue weighted by atomic mass is 16.5. The number of carbonyl (C=O) groups is 2. The molecule has 0 heterocycles. The summed E-state index contributed by atoms with van der Waals surface area (Å²) in [5, 5.41) is 8.46. The average Bonchev–Trinajstić information content (AvgIpc) is 2.71. The van der Waals surface area contributed by atoms with E-state index in [9.17, 15) is 9.59 Å². The van der Waals surface area contributed by atoms with E-state index in [2.05, 4.69) is 44.5 Å². The molecule has 4 nitrogen and oxygen atoms in total. The maximum Gasteiger partial charge on any atom is 0.317 e. The van der Waals surface area contributed by atoms with E-state index >= 15 is 0 Å². The fourth-order valence-electron chi connectivity index (χ4n) is 2.05. The number of carboxylic acid groups (broad SMARTS) is 1. The van der Waals surface area contributed by atoms with Gasteiger partial charge in [-0.3, -0.25) is 9.59 Å². The van der Waals surface area contributed by atoms with Gasteiger partial charge in [-0.2, -0.15) is 0 Å². The van der Waals surface area contributed by atoms with Gasteiger partial charge in [0.05, 0.1) is 0 Å². The maximum atomic E-state index is 11.1. The molecule has 0 spiro atoms. The van der Waals surface area contributed by atoms with Crippen LogP contribution in [0.4, 0.5) is 0 Å². The Morgan fingerprint density at radius 3 is 1.97 bits per heavy atom. The predicted octanol–water partition coefficient (Wildman–Crippen LogP) is 5.57. The third-order valence-corrected chi connectivity index (χ3v) is 3.81. The van der Waals surface area contributed by atoms with Crippen LogP contribution in [0, 0.1) is 23.7 Å². The zero-order valence-electron chi connectivity index (χ0n) is 18.1. The number of carboxylic acids is 1. The lowest BCUT2D eigenvalue weighted by Crippen LogP contribution is -2.10. The van der Waals surface area contributed by atoms with Crippen LogP contribution >= 0.6 is 0 Å². The Kier molecular flexibility index (Phi) is 16.9. The molecule has 0 saturated carbocycles. The smallest absolute Gasteiger partial charge is 0.317 e. The van der Waals surface area contributed by atoms with Gasteiger partial charge in [0.15, 0.2) is 0 Å². The molecule has 29 heavy (non-hydrogen) atoms. The predicted molar refractivity (Wildman–Crippen MR) is 117 cm³/mol. The summed E-state index contributed by atoms with van der Waals surface area (Å²) in [4.78, 5) is 21.4. The van der Waals surface area contributed by atoms with Gasteiger partial charge in [-0.1, -0.05) is 88.7 Å². The van der Waals surface area contributed by atoms with Crippen LogP contribution < -0.4 is 0 Å². The van der Waals surface area contributed by atoms with E-state index in [-0.39, 0.29) is 6.61 Å². The van der Waals surface area contributed by atoms with Crippen LogP contribution in [-0.2, 0) is 14.3 Å². The minimum atomic E-state index is -1.20. The molecule has 0 bridgehead atoms. The van der Waals surface area contributed by atoms with Crippen molar-refractivity contribution < 1.29 is 19.4 Å². The van der Waals surface area contributed by atoms with Crippen molar-refractivity contribution in [2.75, 3.05) is 6.61 Å². The molecule has 0 aliphatic rings. The second-order valence-electron chi connectivity index (χ2n) is 6.50. The number of benzene rings is 1. The van der Waals surface area contributed by atoms with Gasteiger partial charge in [0, 0.05) is 24.0 Å². The molecule has 158 valence electrons. The van der Waals surface area contributed by atoms with Crippen molar-refractivity contribution >= 4 is 11.9 Å². The minimum absolute atomic E-state index is 0.0877. The SMILES string of the molecule is CCCC.CCCCCCC#Cc1ccccc1C#CCCOC(=O)CC(=O)O. The fraction of sp³-hybridized carbons (Fsp3) is 0.520. The fourth-order valence-corrected chi connectivity index (χ4v) is 2.05. The Labute approximate surface area is 176 Å². The Morgan fingerprint density at radius 2 is 1.45 bits per heavy atom. The molecule has 0 fully saturated rings. The highest BCUT2D eigenvalue weighted by Crippen LogP contribution is 2.07. The van der Waals surface area contributed by atoms with Crippen molar-refractivity contribution in [3.63, 3.8) is 0 Å². The van der Waals surface area contributed by atoms with Crippen LogP contribution in [0.1, 0.15) is 89.7 Å². The van der Waals surface area contributed by atoms with Crippen molar-refractivity contribution in [3.05, 3.63) is 35.4 Å². The monoisotopic (exact) mass is 398 g/mol. The lowest BCUT2D eigenvalue weighted by Gasteiger charge is -1.99. The zero-order valence-corrected chi connectivity index (χ0v) is 18.1. The Morgan fingerprint density at radius 1 is 0.862 bits per heavy atom. The molecule has 0 atom stereocenters. The molecule has 0 aromatic heterocycles. The molecule has 0 amide bonds. The molecule has 0 aliphatic heterocycles. The summed E-state index contributed by atoms with van der Waals surface area (Å²) >= 11 is 0. The van der Waals surface area contributed by atoms with E-state index in [1.54, 1.807) is 0 Å². The molecule has 1 rings (SSSR count). The number of aliphatic carboxylic acids is 1. The summed E-state index contributed by atoms with van der Waals surface area (Å²) in [6, 6.07) is 7.68. The third kappa shape index (κ3) is 16.0. The third-order valence-electron chi connectivity index (χ3n) is 3.81. The van der Waals surface area contributed by atoms with Gasteiger partial charge in [-0.25, -0.2) is 0 Å². The van der Waals surface area contributed by atoms with E-state index in [1.165, 1.54) is 32.1 Å². The van der Waals surface area contributed by atoms with Crippen LogP contribution in [0.2, 0.25) is 0 Å². The first-order chi connectivity index (χ1) is 14.0. The lowest BCUT2D eigenvalue weighted by atomic mass is 10.1. The van der Waals surface area contributed by atoms with Crippen molar-refractivity contribution in [3.8, 4) is 23.7 Å². The van der Waals surface area contributed by atoms with Gasteiger partial charge in [-0.05, 0) is 18.6 Å². The maximum absolute atomic E-state index is 11.1. The highest BCUT2D eigenvalue weighted by Gasteiger charge is 2.07. The van der Waals surface area contributed by atoms with Crippen molar-refractivity contribution in [1.29, 1.82) is 0 Å². The molecule has 0 aliphatic carbocycles. The van der Waals surface area contributed by atoms with Gasteiger partial charge in [0.25, 0.3) is 0 Å². The number of carbonyl (C=O) groups excluding carboxylic acids is 1. The van der Waals surface area contributed by atoms with E-state index in [0.29, 0.717) is 6.42 Å². The topological polar surface area (TPSA) is 63.6 Å². The van der Waals surface area contributed by atoms with Crippen LogP contribution in [0.5, 0.6) is 0 Å². The van der Waals surface area contributed by atoms with Gasteiger partial charge in [-0.15, -0.1) is 0 Å². The van der Waals surface area contributed by atoms with E-state index in [1.807, 2.05) is 24.3 Å². The number of unbranched alkanes of at least 4 members (excludes halogenated alkanes) is 5. The summed E-state index contributed by atoms with van der Waals surface area (Å²) in [5.41, 5.74) is 1.74. The second-order valence-corrected chi connectivity index (χ2v) is 6.50. The zero-order chi connectivity index (χ0) is 21.7. The normalized spacial score (nSPS) is 9.07. The summed E-state index contributed by atoms with van der Waals surface area (Å²) in [6.07, 6.45) is 8.07. The van der Waals surface area contributed by atoms with Crippen LogP contribution in [-0.4, -0.2) is 23.7 Å². The van der Waals surface area contributed by atoms with Crippen LogP contribution in [0.25, 0.3) is 0 Å². The summed E-state index contributed by atoms with van der Waals surface area (Å²) < 4.78 is 4.78. The molecule has 1 N–H and O–H groups in total. The number of esters is 1. The van der Waals surface area contributed by atoms with Crippen molar-refractivity contribution in [2.24, 2.45) is 0 Å². The summed E-state index contributed by atoms with van der Waals surface area (Å²) in [5.74, 6) is 10.4. The van der Waals surface area contributed by atoms with Gasteiger partial charge < -0.3 is 9.84 Å². The first-order valence-corrected chi connectivity index (χ1v) is 10.5. The Balaban J connectivity index is 0.00000178. The molecule has 0 saturated heterocycles. The van der Waals surface area contributed by atoms with Gasteiger partial charge in [0.2, 0.25) is 0 Å². The van der Waals surface area contributed by atoms with E-state index < -0.39 is 18.4 Å². The molecule has 4 heteroatoms. The number of hydrogen-bond acceptors (Lipinski definition) is 3. The molecule has 1 aromatic carbocycles. The van der Waals surface area contributed by atoms with Crippen molar-refractivity contribution in [1.82, 2.24) is 0 Å². The molecule has 0 unspecified atom stereocenters. The summed E-state index contributed by atoms with van der Waals surface area (Å²) in [7, 11) is 0. The minimum Gasteiger partial charge on any atom is -0.481 e. The van der Waals surface area contributed by atoms with E-state index in [4.69, 9.17) is 9.84 Å². The van der Waals surface area contributed by atoms with E-state index in [0.717, 1.165) is 24.0 Å². The quantitative estimate of drug-likeness (QED) is 0.255. The van der Waals surface area contributed by atoms with Crippen LogP contribution in [0.15, 0.2) is 24.3 Å². The number of ether oxygens (including phenoxy) is 1. The molecular weight excluding hydrogens is 364 g/mol. The lowest BCUT2D eigenvalue weighted by molar-refractivity contribution is -0.151. The average molecular weight is 399 g/mol.